The second kappa shape index (κ2) is 8.40. The minimum absolute atomic E-state index is 0.0755. The number of H-pyrrole nitrogens is 1. The molecule has 0 bridgehead atoms. The molecular weight excluding hydrogens is 298 g/mol. The summed E-state index contributed by atoms with van der Waals surface area (Å²) in [6.45, 7) is 10.6. The molecule has 0 aliphatic rings. The highest BCUT2D eigenvalue weighted by molar-refractivity contribution is 5.23. The van der Waals surface area contributed by atoms with Gasteiger partial charge in [0.25, 0.3) is 0 Å². The van der Waals surface area contributed by atoms with Gasteiger partial charge in [0.2, 0.25) is 0 Å². The van der Waals surface area contributed by atoms with Crippen LogP contribution in [0.3, 0.4) is 0 Å². The Labute approximate surface area is 146 Å². The largest absolute Gasteiger partial charge is 0.309 e. The lowest BCUT2D eigenvalue weighted by atomic mass is 9.89. The van der Waals surface area contributed by atoms with E-state index in [1.54, 1.807) is 0 Å². The maximum Gasteiger partial charge on any atom is 0.0544 e. The molecule has 0 aliphatic carbocycles. The molecule has 2 heterocycles. The molecule has 0 atom stereocenters. The van der Waals surface area contributed by atoms with Gasteiger partial charge in [0.1, 0.15) is 0 Å². The maximum atomic E-state index is 4.49. The fourth-order valence-electron chi connectivity index (χ4n) is 2.87. The zero-order valence-electron chi connectivity index (χ0n) is 15.7. The Morgan fingerprint density at radius 2 is 1.88 bits per heavy atom. The standard InChI is InChI=1S/C19H31N5/c1-19(2,3)18-16(13-21-22-18)14-24(12-8-11-23(4)5)15-17-9-6-7-10-20-17/h6-7,9-10,13H,8,11-12,14-15H2,1-5H3,(H,21,22). The molecule has 1 N–H and O–H groups in total. The van der Waals surface area contributed by atoms with Gasteiger partial charge in [0.05, 0.1) is 11.9 Å². The molecule has 0 spiro atoms. The third-order valence-electron chi connectivity index (χ3n) is 4.05. The molecule has 132 valence electrons. The average Bonchev–Trinajstić information content (AvgIpc) is 2.96. The van der Waals surface area contributed by atoms with Gasteiger partial charge in [-0.15, -0.1) is 0 Å². The molecule has 0 amide bonds. The molecule has 0 radical (unpaired) electrons. The van der Waals surface area contributed by atoms with Gasteiger partial charge < -0.3 is 4.90 Å². The minimum Gasteiger partial charge on any atom is -0.309 e. The van der Waals surface area contributed by atoms with Gasteiger partial charge in [-0.25, -0.2) is 0 Å². The lowest BCUT2D eigenvalue weighted by Gasteiger charge is -2.25. The number of hydrogen-bond acceptors (Lipinski definition) is 4. The highest BCUT2D eigenvalue weighted by Gasteiger charge is 2.21. The van der Waals surface area contributed by atoms with Crippen molar-refractivity contribution < 1.29 is 0 Å². The minimum atomic E-state index is 0.0755. The van der Waals surface area contributed by atoms with Gasteiger partial charge in [0, 0.05) is 42.5 Å². The molecule has 24 heavy (non-hydrogen) atoms. The van der Waals surface area contributed by atoms with Crippen LogP contribution >= 0.6 is 0 Å². The normalized spacial score (nSPS) is 12.3. The van der Waals surface area contributed by atoms with Crippen LogP contribution in [-0.4, -0.2) is 52.2 Å². The summed E-state index contributed by atoms with van der Waals surface area (Å²) in [5.74, 6) is 0. The van der Waals surface area contributed by atoms with E-state index in [0.29, 0.717) is 0 Å². The number of rotatable bonds is 8. The van der Waals surface area contributed by atoms with E-state index < -0.39 is 0 Å². The van der Waals surface area contributed by atoms with Crippen molar-refractivity contribution in [3.8, 4) is 0 Å². The van der Waals surface area contributed by atoms with Gasteiger partial charge >= 0.3 is 0 Å². The fourth-order valence-corrected chi connectivity index (χ4v) is 2.87. The predicted octanol–water partition coefficient (Wildman–Crippen LogP) is 3.06. The van der Waals surface area contributed by atoms with Gasteiger partial charge in [-0.05, 0) is 39.2 Å². The molecule has 2 aromatic rings. The van der Waals surface area contributed by atoms with E-state index >= 15 is 0 Å². The van der Waals surface area contributed by atoms with Crippen LogP contribution in [0.15, 0.2) is 30.6 Å². The van der Waals surface area contributed by atoms with Crippen molar-refractivity contribution in [2.24, 2.45) is 0 Å². The molecular formula is C19H31N5. The summed E-state index contributed by atoms with van der Waals surface area (Å²) in [4.78, 5) is 9.18. The first-order chi connectivity index (χ1) is 11.4. The average molecular weight is 329 g/mol. The molecule has 0 aliphatic heterocycles. The van der Waals surface area contributed by atoms with E-state index in [0.717, 1.165) is 38.3 Å². The van der Waals surface area contributed by atoms with Crippen molar-refractivity contribution >= 4 is 0 Å². The van der Waals surface area contributed by atoms with Crippen LogP contribution in [0.5, 0.6) is 0 Å². The highest BCUT2D eigenvalue weighted by atomic mass is 15.2. The zero-order valence-corrected chi connectivity index (χ0v) is 15.7. The quantitative estimate of drug-likeness (QED) is 0.808. The lowest BCUT2D eigenvalue weighted by molar-refractivity contribution is 0.236. The summed E-state index contributed by atoms with van der Waals surface area (Å²) < 4.78 is 0. The van der Waals surface area contributed by atoms with E-state index in [1.165, 1.54) is 11.3 Å². The monoisotopic (exact) mass is 329 g/mol. The zero-order chi connectivity index (χ0) is 17.6. The molecule has 0 saturated heterocycles. The molecule has 2 rings (SSSR count). The van der Waals surface area contributed by atoms with Crippen LogP contribution in [0.25, 0.3) is 0 Å². The summed E-state index contributed by atoms with van der Waals surface area (Å²) in [7, 11) is 4.24. The first-order valence-corrected chi connectivity index (χ1v) is 8.66. The first-order valence-electron chi connectivity index (χ1n) is 8.66. The van der Waals surface area contributed by atoms with E-state index in [9.17, 15) is 0 Å². The van der Waals surface area contributed by atoms with Crippen molar-refractivity contribution in [3.63, 3.8) is 0 Å². The van der Waals surface area contributed by atoms with E-state index in [-0.39, 0.29) is 5.41 Å². The Hall–Kier alpha value is -1.72. The summed E-state index contributed by atoms with van der Waals surface area (Å²) in [6.07, 6.45) is 4.98. The molecule has 0 fully saturated rings. The summed E-state index contributed by atoms with van der Waals surface area (Å²) in [5.41, 5.74) is 3.69. The summed E-state index contributed by atoms with van der Waals surface area (Å²) in [6, 6.07) is 6.12. The number of nitrogens with one attached hydrogen (secondary N) is 1. The molecule has 0 unspecified atom stereocenters. The number of nitrogens with zero attached hydrogens (tertiary/aromatic N) is 4. The number of aromatic amines is 1. The SMILES string of the molecule is CN(C)CCCN(Cc1ccccn1)Cc1cn[nH]c1C(C)(C)C. The van der Waals surface area contributed by atoms with Crippen LogP contribution in [0.4, 0.5) is 0 Å². The van der Waals surface area contributed by atoms with Crippen molar-refractivity contribution in [2.45, 2.75) is 45.7 Å². The molecule has 5 heteroatoms. The van der Waals surface area contributed by atoms with Crippen LogP contribution in [-0.2, 0) is 18.5 Å². The van der Waals surface area contributed by atoms with Gasteiger partial charge in [0.15, 0.2) is 0 Å². The summed E-state index contributed by atoms with van der Waals surface area (Å²) in [5, 5.41) is 7.47. The smallest absolute Gasteiger partial charge is 0.0544 e. The predicted molar refractivity (Wildman–Crippen MR) is 98.8 cm³/mol. The van der Waals surface area contributed by atoms with Crippen molar-refractivity contribution in [3.05, 3.63) is 47.5 Å². The fraction of sp³-hybridized carbons (Fsp3) is 0.579. The second-order valence-electron chi connectivity index (χ2n) is 7.71. The van der Waals surface area contributed by atoms with Crippen LogP contribution in [0, 0.1) is 0 Å². The highest BCUT2D eigenvalue weighted by Crippen LogP contribution is 2.24. The Morgan fingerprint density at radius 1 is 1.08 bits per heavy atom. The Morgan fingerprint density at radius 3 is 2.50 bits per heavy atom. The van der Waals surface area contributed by atoms with Crippen molar-refractivity contribution in [2.75, 3.05) is 27.2 Å². The van der Waals surface area contributed by atoms with Crippen molar-refractivity contribution in [1.29, 1.82) is 0 Å². The Balaban J connectivity index is 2.09. The lowest BCUT2D eigenvalue weighted by Crippen LogP contribution is -2.28. The Bertz CT molecular complexity index is 598. The van der Waals surface area contributed by atoms with E-state index in [1.807, 2.05) is 18.5 Å². The van der Waals surface area contributed by atoms with Crippen LogP contribution < -0.4 is 0 Å². The summed E-state index contributed by atoms with van der Waals surface area (Å²) >= 11 is 0. The third kappa shape index (κ3) is 5.73. The van der Waals surface area contributed by atoms with Gasteiger partial charge in [-0.3, -0.25) is 15.0 Å². The molecule has 0 saturated carbocycles. The number of pyridine rings is 1. The topological polar surface area (TPSA) is 48.1 Å². The first kappa shape index (κ1) is 18.6. The van der Waals surface area contributed by atoms with Gasteiger partial charge in [-0.1, -0.05) is 26.8 Å². The molecule has 2 aromatic heterocycles. The van der Waals surface area contributed by atoms with Crippen LogP contribution in [0.1, 0.15) is 44.1 Å². The number of aromatic nitrogens is 3. The second-order valence-corrected chi connectivity index (χ2v) is 7.71. The van der Waals surface area contributed by atoms with E-state index in [2.05, 4.69) is 72.0 Å². The van der Waals surface area contributed by atoms with E-state index in [4.69, 9.17) is 0 Å². The van der Waals surface area contributed by atoms with Crippen LogP contribution in [0.2, 0.25) is 0 Å². The number of hydrogen-bond donors (Lipinski definition) is 1. The third-order valence-corrected chi connectivity index (χ3v) is 4.05. The van der Waals surface area contributed by atoms with Gasteiger partial charge in [-0.2, -0.15) is 5.10 Å². The Kier molecular flexibility index (Phi) is 6.52. The molecule has 0 aromatic carbocycles. The maximum absolute atomic E-state index is 4.49. The van der Waals surface area contributed by atoms with Crippen molar-refractivity contribution in [1.82, 2.24) is 25.0 Å². The molecule has 5 nitrogen and oxygen atoms in total.